The normalized spacial score (nSPS) is 14.5. The van der Waals surface area contributed by atoms with E-state index >= 15 is 0 Å². The van der Waals surface area contributed by atoms with E-state index in [1.165, 1.54) is 0 Å². The molecule has 0 saturated heterocycles. The number of hydrogen-bond acceptors (Lipinski definition) is 2. The van der Waals surface area contributed by atoms with Crippen molar-refractivity contribution in [1.82, 2.24) is 0 Å². The summed E-state index contributed by atoms with van der Waals surface area (Å²) in [6.45, 7) is 0.535. The summed E-state index contributed by atoms with van der Waals surface area (Å²) in [4.78, 5) is 0. The number of nitrogens with one attached hydrogen (secondary N) is 1. The summed E-state index contributed by atoms with van der Waals surface area (Å²) >= 11 is 3.37. The predicted molar refractivity (Wildman–Crippen MR) is 45.8 cm³/mol. The van der Waals surface area contributed by atoms with Crippen LogP contribution in [0.1, 0.15) is 11.1 Å². The van der Waals surface area contributed by atoms with E-state index in [1.54, 1.807) is 0 Å². The van der Waals surface area contributed by atoms with Crippen LogP contribution in [0.25, 0.3) is 0 Å². The second kappa shape index (κ2) is 2.34. The zero-order valence-electron chi connectivity index (χ0n) is 5.73. The van der Waals surface area contributed by atoms with Crippen molar-refractivity contribution < 1.29 is 4.74 Å². The van der Waals surface area contributed by atoms with Crippen molar-refractivity contribution in [2.75, 3.05) is 0 Å². The Balaban J connectivity index is 2.68. The standard InChI is InChI=1S/C8H6BrNO/c9-6-3-1-2-5-4-11-8(10)7(5)6/h1-3,10H,4H2. The highest BCUT2D eigenvalue weighted by Gasteiger charge is 2.19. The summed E-state index contributed by atoms with van der Waals surface area (Å²) in [5.41, 5.74) is 1.98. The Morgan fingerprint density at radius 2 is 2.27 bits per heavy atom. The van der Waals surface area contributed by atoms with Crippen molar-refractivity contribution in [2.24, 2.45) is 0 Å². The number of benzene rings is 1. The molecule has 0 radical (unpaired) electrons. The summed E-state index contributed by atoms with van der Waals surface area (Å²) < 4.78 is 6.00. The van der Waals surface area contributed by atoms with E-state index in [9.17, 15) is 0 Å². The maximum atomic E-state index is 7.42. The Labute approximate surface area is 72.8 Å². The van der Waals surface area contributed by atoms with Gasteiger partial charge in [-0.1, -0.05) is 12.1 Å². The Morgan fingerprint density at radius 3 is 3.00 bits per heavy atom. The van der Waals surface area contributed by atoms with E-state index in [-0.39, 0.29) is 5.90 Å². The Hall–Kier alpha value is -0.830. The van der Waals surface area contributed by atoms with Crippen LogP contribution in [-0.4, -0.2) is 5.90 Å². The number of halogens is 1. The Bertz CT molecular complexity index is 322. The van der Waals surface area contributed by atoms with Gasteiger partial charge in [0.2, 0.25) is 5.90 Å². The molecule has 3 heteroatoms. The molecule has 0 amide bonds. The average Bonchev–Trinajstić information content (AvgIpc) is 2.34. The van der Waals surface area contributed by atoms with Crippen molar-refractivity contribution in [1.29, 1.82) is 5.41 Å². The number of hydrogen-bond donors (Lipinski definition) is 1. The first kappa shape index (κ1) is 6.85. The maximum absolute atomic E-state index is 7.42. The summed E-state index contributed by atoms with van der Waals surface area (Å²) in [5.74, 6) is 0.271. The van der Waals surface area contributed by atoms with E-state index < -0.39 is 0 Å². The van der Waals surface area contributed by atoms with Crippen LogP contribution in [-0.2, 0) is 11.3 Å². The van der Waals surface area contributed by atoms with Crippen LogP contribution in [0.5, 0.6) is 0 Å². The van der Waals surface area contributed by atoms with Gasteiger partial charge in [0.15, 0.2) is 0 Å². The third kappa shape index (κ3) is 0.959. The number of fused-ring (bicyclic) bond motifs is 1. The molecule has 11 heavy (non-hydrogen) atoms. The first-order chi connectivity index (χ1) is 5.29. The number of ether oxygens (including phenoxy) is 1. The molecular weight excluding hydrogens is 206 g/mol. The minimum Gasteiger partial charge on any atom is -0.473 e. The average molecular weight is 212 g/mol. The molecular formula is C8H6BrNO. The van der Waals surface area contributed by atoms with E-state index in [0.717, 1.165) is 15.6 Å². The van der Waals surface area contributed by atoms with Crippen LogP contribution < -0.4 is 0 Å². The van der Waals surface area contributed by atoms with Gasteiger partial charge in [-0.3, -0.25) is 5.41 Å². The van der Waals surface area contributed by atoms with Crippen molar-refractivity contribution in [2.45, 2.75) is 6.61 Å². The maximum Gasteiger partial charge on any atom is 0.215 e. The zero-order valence-corrected chi connectivity index (χ0v) is 7.31. The third-order valence-electron chi connectivity index (χ3n) is 1.70. The molecule has 56 valence electrons. The van der Waals surface area contributed by atoms with Crippen molar-refractivity contribution in [3.8, 4) is 0 Å². The molecule has 0 bridgehead atoms. The van der Waals surface area contributed by atoms with E-state index in [4.69, 9.17) is 10.1 Å². The minimum absolute atomic E-state index is 0.271. The van der Waals surface area contributed by atoms with Crippen LogP contribution in [0.4, 0.5) is 0 Å². The fraction of sp³-hybridized carbons (Fsp3) is 0.125. The largest absolute Gasteiger partial charge is 0.473 e. The summed E-state index contributed by atoms with van der Waals surface area (Å²) in [6, 6.07) is 5.84. The fourth-order valence-electron chi connectivity index (χ4n) is 1.17. The van der Waals surface area contributed by atoms with E-state index in [2.05, 4.69) is 15.9 Å². The predicted octanol–water partition coefficient (Wildman–Crippen LogP) is 2.30. The molecule has 2 nitrogen and oxygen atoms in total. The van der Waals surface area contributed by atoms with Crippen LogP contribution in [0.2, 0.25) is 0 Å². The molecule has 1 N–H and O–H groups in total. The van der Waals surface area contributed by atoms with Crippen LogP contribution >= 0.6 is 15.9 Å². The lowest BCUT2D eigenvalue weighted by atomic mass is 10.1. The zero-order chi connectivity index (χ0) is 7.84. The first-order valence-corrected chi connectivity index (χ1v) is 4.07. The van der Waals surface area contributed by atoms with Gasteiger partial charge in [0.25, 0.3) is 0 Å². The Kier molecular flexibility index (Phi) is 1.46. The highest BCUT2D eigenvalue weighted by Crippen LogP contribution is 2.26. The third-order valence-corrected chi connectivity index (χ3v) is 2.36. The van der Waals surface area contributed by atoms with Gasteiger partial charge in [-0.25, -0.2) is 0 Å². The molecule has 0 atom stereocenters. The molecule has 1 aromatic carbocycles. The molecule has 0 aromatic heterocycles. The topological polar surface area (TPSA) is 33.1 Å². The van der Waals surface area contributed by atoms with Crippen molar-refractivity contribution in [3.05, 3.63) is 33.8 Å². The van der Waals surface area contributed by atoms with Gasteiger partial charge in [0.1, 0.15) is 6.61 Å². The highest BCUT2D eigenvalue weighted by atomic mass is 79.9. The van der Waals surface area contributed by atoms with Gasteiger partial charge in [-0.05, 0) is 22.0 Å². The van der Waals surface area contributed by atoms with Crippen LogP contribution in [0.3, 0.4) is 0 Å². The lowest BCUT2D eigenvalue weighted by molar-refractivity contribution is 0.310. The Morgan fingerprint density at radius 1 is 1.45 bits per heavy atom. The second-order valence-electron chi connectivity index (χ2n) is 2.39. The van der Waals surface area contributed by atoms with Gasteiger partial charge in [-0.15, -0.1) is 0 Å². The molecule has 0 fully saturated rings. The molecule has 1 aliphatic rings. The molecule has 1 aromatic rings. The SMILES string of the molecule is N=C1OCc2cccc(Br)c21. The first-order valence-electron chi connectivity index (χ1n) is 3.28. The van der Waals surface area contributed by atoms with Crippen molar-refractivity contribution >= 4 is 21.8 Å². The molecule has 0 unspecified atom stereocenters. The quantitative estimate of drug-likeness (QED) is 0.703. The fourth-order valence-corrected chi connectivity index (χ4v) is 1.75. The van der Waals surface area contributed by atoms with Crippen molar-refractivity contribution in [3.63, 3.8) is 0 Å². The number of rotatable bonds is 0. The molecule has 1 heterocycles. The van der Waals surface area contributed by atoms with Gasteiger partial charge < -0.3 is 4.74 Å². The molecule has 0 spiro atoms. The van der Waals surface area contributed by atoms with Crippen LogP contribution in [0.15, 0.2) is 22.7 Å². The second-order valence-corrected chi connectivity index (χ2v) is 3.25. The molecule has 0 aliphatic carbocycles. The van der Waals surface area contributed by atoms with E-state index in [1.807, 2.05) is 18.2 Å². The molecule has 1 aliphatic heterocycles. The van der Waals surface area contributed by atoms with Crippen LogP contribution in [0, 0.1) is 5.41 Å². The summed E-state index contributed by atoms with van der Waals surface area (Å²) in [5, 5.41) is 7.42. The monoisotopic (exact) mass is 211 g/mol. The highest BCUT2D eigenvalue weighted by molar-refractivity contribution is 9.10. The lowest BCUT2D eigenvalue weighted by Crippen LogP contribution is -1.94. The molecule has 2 rings (SSSR count). The molecule has 0 saturated carbocycles. The lowest BCUT2D eigenvalue weighted by Gasteiger charge is -1.96. The smallest absolute Gasteiger partial charge is 0.215 e. The summed E-state index contributed by atoms with van der Waals surface area (Å²) in [6.07, 6.45) is 0. The van der Waals surface area contributed by atoms with E-state index in [0.29, 0.717) is 6.61 Å². The summed E-state index contributed by atoms with van der Waals surface area (Å²) in [7, 11) is 0. The van der Waals surface area contributed by atoms with Gasteiger partial charge in [-0.2, -0.15) is 0 Å². The minimum atomic E-state index is 0.271. The van der Waals surface area contributed by atoms with Gasteiger partial charge >= 0.3 is 0 Å². The van der Waals surface area contributed by atoms with Gasteiger partial charge in [0, 0.05) is 10.0 Å². The van der Waals surface area contributed by atoms with Gasteiger partial charge in [0.05, 0.1) is 5.56 Å².